The molecule has 0 aromatic rings. The quantitative estimate of drug-likeness (QED) is 0.744. The fourth-order valence-corrected chi connectivity index (χ4v) is 2.58. The Balaban J connectivity index is 2.29. The lowest BCUT2D eigenvalue weighted by molar-refractivity contribution is -0.126. The summed E-state index contributed by atoms with van der Waals surface area (Å²) in [6.07, 6.45) is 4.61. The zero-order chi connectivity index (χ0) is 12.7. The lowest BCUT2D eigenvalue weighted by atomic mass is 9.85. The van der Waals surface area contributed by atoms with E-state index in [1.165, 1.54) is 0 Å². The molecule has 1 saturated heterocycles. The largest absolute Gasteiger partial charge is 0.381 e. The van der Waals surface area contributed by atoms with E-state index in [0.717, 1.165) is 51.9 Å². The molecule has 0 aromatic heterocycles. The molecule has 1 unspecified atom stereocenters. The average molecular weight is 241 g/mol. The molecule has 17 heavy (non-hydrogen) atoms. The van der Waals surface area contributed by atoms with Crippen LogP contribution in [0, 0.1) is 17.8 Å². The second-order valence-corrected chi connectivity index (χ2v) is 5.47. The minimum Gasteiger partial charge on any atom is -0.381 e. The Morgan fingerprint density at radius 1 is 1.29 bits per heavy atom. The van der Waals surface area contributed by atoms with Gasteiger partial charge in [0.25, 0.3) is 0 Å². The van der Waals surface area contributed by atoms with Crippen LogP contribution in [0.3, 0.4) is 0 Å². The summed E-state index contributed by atoms with van der Waals surface area (Å²) in [5.41, 5.74) is 5.61. The number of rotatable bonds is 7. The van der Waals surface area contributed by atoms with Gasteiger partial charge in [-0.1, -0.05) is 13.8 Å². The highest BCUT2D eigenvalue weighted by atomic mass is 16.5. The van der Waals surface area contributed by atoms with Gasteiger partial charge in [-0.2, -0.15) is 0 Å². The summed E-state index contributed by atoms with van der Waals surface area (Å²) in [6, 6.07) is 0. The van der Waals surface area contributed by atoms with Crippen LogP contribution < -0.4 is 5.73 Å². The number of ketones is 1. The van der Waals surface area contributed by atoms with Crippen molar-refractivity contribution in [3.05, 3.63) is 0 Å². The van der Waals surface area contributed by atoms with E-state index in [2.05, 4.69) is 13.8 Å². The molecule has 0 saturated carbocycles. The zero-order valence-electron chi connectivity index (χ0n) is 11.3. The highest BCUT2D eigenvalue weighted by Gasteiger charge is 2.22. The van der Waals surface area contributed by atoms with Gasteiger partial charge in [-0.05, 0) is 44.1 Å². The van der Waals surface area contributed by atoms with Crippen molar-refractivity contribution in [2.45, 2.75) is 46.0 Å². The summed E-state index contributed by atoms with van der Waals surface area (Å²) in [4.78, 5) is 12.0. The number of nitrogens with two attached hydrogens (primary N) is 1. The van der Waals surface area contributed by atoms with E-state index in [4.69, 9.17) is 10.5 Å². The number of hydrogen-bond donors (Lipinski definition) is 1. The molecule has 0 bridgehead atoms. The molecule has 1 rings (SSSR count). The van der Waals surface area contributed by atoms with Gasteiger partial charge in [0.15, 0.2) is 0 Å². The molecule has 0 aliphatic carbocycles. The van der Waals surface area contributed by atoms with E-state index >= 15 is 0 Å². The predicted octanol–water partition coefficient (Wildman–Crippen LogP) is 2.38. The van der Waals surface area contributed by atoms with Crippen molar-refractivity contribution in [3.63, 3.8) is 0 Å². The summed E-state index contributed by atoms with van der Waals surface area (Å²) in [7, 11) is 0. The van der Waals surface area contributed by atoms with E-state index in [1.807, 2.05) is 0 Å². The van der Waals surface area contributed by atoms with Gasteiger partial charge in [0.05, 0.1) is 0 Å². The molecule has 3 nitrogen and oxygen atoms in total. The van der Waals surface area contributed by atoms with Crippen molar-refractivity contribution < 1.29 is 9.53 Å². The van der Waals surface area contributed by atoms with E-state index in [1.54, 1.807) is 0 Å². The molecule has 1 fully saturated rings. The van der Waals surface area contributed by atoms with Crippen molar-refractivity contribution >= 4 is 5.78 Å². The summed E-state index contributed by atoms with van der Waals surface area (Å²) >= 11 is 0. The minimum atomic E-state index is 0.259. The van der Waals surface area contributed by atoms with Crippen LogP contribution >= 0.6 is 0 Å². The normalized spacial score (nSPS) is 19.5. The zero-order valence-corrected chi connectivity index (χ0v) is 11.3. The maximum Gasteiger partial charge on any atom is 0.136 e. The van der Waals surface area contributed by atoms with E-state index < -0.39 is 0 Å². The molecule has 100 valence electrons. The van der Waals surface area contributed by atoms with Crippen molar-refractivity contribution in [2.24, 2.45) is 23.5 Å². The first-order chi connectivity index (χ1) is 8.15. The maximum absolute atomic E-state index is 12.0. The highest BCUT2D eigenvalue weighted by Crippen LogP contribution is 2.24. The topological polar surface area (TPSA) is 52.3 Å². The Morgan fingerprint density at radius 2 is 1.94 bits per heavy atom. The van der Waals surface area contributed by atoms with Crippen LogP contribution in [-0.4, -0.2) is 25.5 Å². The highest BCUT2D eigenvalue weighted by molar-refractivity contribution is 5.81. The molecule has 1 aliphatic heterocycles. The molecule has 1 aliphatic rings. The molecule has 0 spiro atoms. The van der Waals surface area contributed by atoms with E-state index in [9.17, 15) is 4.79 Å². The van der Waals surface area contributed by atoms with Gasteiger partial charge in [-0.25, -0.2) is 0 Å². The Bertz CT molecular complexity index is 222. The monoisotopic (exact) mass is 241 g/mol. The van der Waals surface area contributed by atoms with Gasteiger partial charge in [0.2, 0.25) is 0 Å². The van der Waals surface area contributed by atoms with Gasteiger partial charge in [-0.15, -0.1) is 0 Å². The van der Waals surface area contributed by atoms with Gasteiger partial charge in [-0.3, -0.25) is 4.79 Å². The number of hydrogen-bond acceptors (Lipinski definition) is 3. The fraction of sp³-hybridized carbons (Fsp3) is 0.929. The van der Waals surface area contributed by atoms with Crippen LogP contribution in [0.1, 0.15) is 46.0 Å². The molecule has 1 atom stereocenters. The van der Waals surface area contributed by atoms with Crippen LogP contribution in [0.25, 0.3) is 0 Å². The fourth-order valence-electron chi connectivity index (χ4n) is 2.58. The van der Waals surface area contributed by atoms with Gasteiger partial charge < -0.3 is 10.5 Å². The minimum absolute atomic E-state index is 0.259. The van der Waals surface area contributed by atoms with E-state index in [0.29, 0.717) is 17.6 Å². The molecule has 3 heteroatoms. The predicted molar refractivity (Wildman–Crippen MR) is 69.8 cm³/mol. The molecule has 0 aromatic carbocycles. The number of carbonyl (C=O) groups is 1. The number of Topliss-reactive ketones (excluding diaryl/α,β-unsaturated/α-hetero) is 1. The third-order valence-electron chi connectivity index (χ3n) is 3.92. The number of carbonyl (C=O) groups excluding carboxylic acids is 1. The van der Waals surface area contributed by atoms with Crippen molar-refractivity contribution in [2.75, 3.05) is 19.8 Å². The lowest BCUT2D eigenvalue weighted by Gasteiger charge is -2.23. The molecular weight excluding hydrogens is 214 g/mol. The molecule has 2 N–H and O–H groups in total. The van der Waals surface area contributed by atoms with Crippen LogP contribution in [0.15, 0.2) is 0 Å². The Morgan fingerprint density at radius 3 is 2.47 bits per heavy atom. The Labute approximate surface area is 105 Å². The van der Waals surface area contributed by atoms with E-state index in [-0.39, 0.29) is 5.92 Å². The second-order valence-electron chi connectivity index (χ2n) is 5.47. The summed E-state index contributed by atoms with van der Waals surface area (Å²) < 4.78 is 5.28. The van der Waals surface area contributed by atoms with Crippen LogP contribution in [0.5, 0.6) is 0 Å². The van der Waals surface area contributed by atoms with Gasteiger partial charge in [0, 0.05) is 25.6 Å². The molecule has 0 radical (unpaired) electrons. The standard InChI is InChI=1S/C14H27NO2/c1-11(2)12(5-8-15)3-4-14(16)13-6-9-17-10-7-13/h11-13H,3-10,15H2,1-2H3. The Hall–Kier alpha value is -0.410. The molecule has 0 amide bonds. The number of ether oxygens (including phenoxy) is 1. The summed E-state index contributed by atoms with van der Waals surface area (Å²) in [5, 5.41) is 0. The first-order valence-corrected chi connectivity index (χ1v) is 6.95. The van der Waals surface area contributed by atoms with Gasteiger partial charge in [0.1, 0.15) is 5.78 Å². The smallest absolute Gasteiger partial charge is 0.136 e. The van der Waals surface area contributed by atoms with Crippen molar-refractivity contribution in [1.82, 2.24) is 0 Å². The maximum atomic E-state index is 12.0. The Kier molecular flexibility index (Phi) is 6.75. The van der Waals surface area contributed by atoms with Crippen LogP contribution in [0.2, 0.25) is 0 Å². The van der Waals surface area contributed by atoms with Crippen molar-refractivity contribution in [1.29, 1.82) is 0 Å². The first-order valence-electron chi connectivity index (χ1n) is 6.95. The van der Waals surface area contributed by atoms with Crippen LogP contribution in [0.4, 0.5) is 0 Å². The lowest BCUT2D eigenvalue weighted by Crippen LogP contribution is -2.24. The van der Waals surface area contributed by atoms with Gasteiger partial charge >= 0.3 is 0 Å². The summed E-state index contributed by atoms with van der Waals surface area (Å²) in [5.74, 6) is 1.93. The third kappa shape index (κ3) is 5.17. The third-order valence-corrected chi connectivity index (χ3v) is 3.92. The second kappa shape index (κ2) is 7.83. The molecular formula is C14H27NO2. The van der Waals surface area contributed by atoms with Crippen molar-refractivity contribution in [3.8, 4) is 0 Å². The first kappa shape index (κ1) is 14.7. The van der Waals surface area contributed by atoms with Crippen LogP contribution in [-0.2, 0) is 9.53 Å². The average Bonchev–Trinajstić information content (AvgIpc) is 2.34. The molecule has 1 heterocycles. The summed E-state index contributed by atoms with van der Waals surface area (Å²) in [6.45, 7) is 6.69. The SMILES string of the molecule is CC(C)C(CCN)CCC(=O)C1CCOCC1.